The fourth-order valence-electron chi connectivity index (χ4n) is 2.60. The Morgan fingerprint density at radius 3 is 2.10 bits per heavy atom. The Kier molecular flexibility index (Phi) is 6.42. The molecule has 0 heterocycles. The number of carbonyl (C=O) groups excluding carboxylic acids is 1. The van der Waals surface area contributed by atoms with Gasteiger partial charge in [0.2, 0.25) is 0 Å². The van der Waals surface area contributed by atoms with Crippen molar-refractivity contribution in [3.63, 3.8) is 0 Å². The van der Waals surface area contributed by atoms with Crippen LogP contribution in [0.3, 0.4) is 0 Å². The van der Waals surface area contributed by atoms with Crippen molar-refractivity contribution < 1.29 is 30.8 Å². The van der Waals surface area contributed by atoms with E-state index >= 15 is 0 Å². The van der Waals surface area contributed by atoms with E-state index in [0.717, 1.165) is 30.5 Å². The summed E-state index contributed by atoms with van der Waals surface area (Å²) in [6.07, 6.45) is 1.00. The molecule has 0 fully saturated rings. The molecule has 0 unspecified atom stereocenters. The maximum atomic E-state index is 13.2. The van der Waals surface area contributed by atoms with Crippen molar-refractivity contribution in [2.24, 2.45) is 0 Å². The van der Waals surface area contributed by atoms with Gasteiger partial charge in [-0.1, -0.05) is 12.1 Å². The van der Waals surface area contributed by atoms with E-state index in [1.54, 1.807) is 12.1 Å². The number of halogens is 1. The number of benzene rings is 3. The zero-order chi connectivity index (χ0) is 22.6. The number of ether oxygens (including phenoxy) is 1. The van der Waals surface area contributed by atoms with Crippen molar-refractivity contribution in [2.45, 2.75) is 16.4 Å². The summed E-state index contributed by atoms with van der Waals surface area (Å²) in [5.74, 6) is -0.816. The van der Waals surface area contributed by atoms with Crippen LogP contribution in [0.15, 0.2) is 82.6 Å². The fourth-order valence-corrected chi connectivity index (χ4v) is 4.21. The highest BCUT2D eigenvalue weighted by Crippen LogP contribution is 2.17. The highest BCUT2D eigenvalue weighted by atomic mass is 32.2. The normalized spacial score (nSPS) is 11.7. The van der Waals surface area contributed by atoms with Gasteiger partial charge < -0.3 is 4.74 Å². The average Bonchev–Trinajstić information content (AvgIpc) is 2.72. The molecule has 1 amide bonds. The molecule has 7 nitrogen and oxygen atoms in total. The maximum absolute atomic E-state index is 13.2. The van der Waals surface area contributed by atoms with Gasteiger partial charge in [0.1, 0.15) is 18.2 Å². The second kappa shape index (κ2) is 8.86. The summed E-state index contributed by atoms with van der Waals surface area (Å²) >= 11 is 0. The molecule has 3 aromatic carbocycles. The van der Waals surface area contributed by atoms with Gasteiger partial charge in [-0.25, -0.2) is 25.9 Å². The van der Waals surface area contributed by atoms with E-state index in [2.05, 4.69) is 0 Å². The van der Waals surface area contributed by atoms with Gasteiger partial charge in [0.25, 0.3) is 15.9 Å². The monoisotopic (exact) mass is 463 g/mol. The summed E-state index contributed by atoms with van der Waals surface area (Å²) in [6.45, 7) is 0.126. The topological polar surface area (TPSA) is 107 Å². The predicted octanol–water partition coefficient (Wildman–Crippen LogP) is 2.93. The van der Waals surface area contributed by atoms with E-state index in [1.807, 2.05) is 4.72 Å². The molecule has 10 heteroatoms. The molecule has 3 aromatic rings. The SMILES string of the molecule is CS(=O)(=O)c1ccc(S(=O)(=O)NC(=O)c2ccc(OCc3cccc(F)c3)cc2)cc1. The molecule has 0 aliphatic rings. The van der Waals surface area contributed by atoms with E-state index < -0.39 is 25.8 Å². The van der Waals surface area contributed by atoms with Gasteiger partial charge in [-0.2, -0.15) is 0 Å². The first-order chi connectivity index (χ1) is 14.5. The molecule has 0 aromatic heterocycles. The van der Waals surface area contributed by atoms with Crippen LogP contribution in [-0.2, 0) is 26.5 Å². The number of rotatable bonds is 7. The lowest BCUT2D eigenvalue weighted by Crippen LogP contribution is -2.30. The first-order valence-electron chi connectivity index (χ1n) is 8.89. The molecular formula is C21H18FNO6S2. The minimum Gasteiger partial charge on any atom is -0.489 e. The summed E-state index contributed by atoms with van der Waals surface area (Å²) in [5.41, 5.74) is 0.712. The van der Waals surface area contributed by atoms with Crippen LogP contribution in [-0.4, -0.2) is 29.0 Å². The molecule has 3 rings (SSSR count). The van der Waals surface area contributed by atoms with Crippen LogP contribution in [0.1, 0.15) is 15.9 Å². The van der Waals surface area contributed by atoms with E-state index in [1.165, 1.54) is 36.4 Å². The zero-order valence-electron chi connectivity index (χ0n) is 16.3. The third-order valence-corrected chi connectivity index (χ3v) is 6.68. The Labute approximate surface area is 179 Å². The van der Waals surface area contributed by atoms with Gasteiger partial charge in [-0.05, 0) is 66.2 Å². The Morgan fingerprint density at radius 1 is 0.903 bits per heavy atom. The van der Waals surface area contributed by atoms with Crippen molar-refractivity contribution in [1.29, 1.82) is 0 Å². The lowest BCUT2D eigenvalue weighted by molar-refractivity contribution is 0.0981. The first-order valence-corrected chi connectivity index (χ1v) is 12.3. The summed E-state index contributed by atoms with van der Waals surface area (Å²) in [4.78, 5) is 12.0. The minimum absolute atomic E-state index is 0.0355. The van der Waals surface area contributed by atoms with Crippen LogP contribution >= 0.6 is 0 Å². The van der Waals surface area contributed by atoms with E-state index in [4.69, 9.17) is 4.74 Å². The van der Waals surface area contributed by atoms with Crippen molar-refractivity contribution in [3.8, 4) is 5.75 Å². The number of sulfonamides is 1. The van der Waals surface area contributed by atoms with Crippen LogP contribution in [0.4, 0.5) is 4.39 Å². The van der Waals surface area contributed by atoms with Crippen molar-refractivity contribution in [3.05, 3.63) is 89.7 Å². The van der Waals surface area contributed by atoms with Crippen LogP contribution in [0.5, 0.6) is 5.75 Å². The van der Waals surface area contributed by atoms with Gasteiger partial charge in [-0.15, -0.1) is 0 Å². The van der Waals surface area contributed by atoms with Crippen LogP contribution < -0.4 is 9.46 Å². The quantitative estimate of drug-likeness (QED) is 0.577. The van der Waals surface area contributed by atoms with Gasteiger partial charge in [0.05, 0.1) is 9.79 Å². The van der Waals surface area contributed by atoms with Crippen molar-refractivity contribution in [1.82, 2.24) is 4.72 Å². The second-order valence-electron chi connectivity index (χ2n) is 6.62. The number of amides is 1. The van der Waals surface area contributed by atoms with Gasteiger partial charge >= 0.3 is 0 Å². The second-order valence-corrected chi connectivity index (χ2v) is 10.3. The Morgan fingerprint density at radius 2 is 1.52 bits per heavy atom. The largest absolute Gasteiger partial charge is 0.489 e. The molecule has 31 heavy (non-hydrogen) atoms. The molecule has 0 spiro atoms. The number of carbonyl (C=O) groups is 1. The van der Waals surface area contributed by atoms with Crippen LogP contribution in [0.2, 0.25) is 0 Å². The highest BCUT2D eigenvalue weighted by Gasteiger charge is 2.19. The van der Waals surface area contributed by atoms with E-state index in [-0.39, 0.29) is 27.8 Å². The summed E-state index contributed by atoms with van der Waals surface area (Å²) in [7, 11) is -7.66. The number of nitrogens with one attached hydrogen (secondary N) is 1. The number of hydrogen-bond acceptors (Lipinski definition) is 6. The van der Waals surface area contributed by atoms with Crippen molar-refractivity contribution in [2.75, 3.05) is 6.26 Å². The van der Waals surface area contributed by atoms with E-state index in [0.29, 0.717) is 11.3 Å². The molecule has 1 N–H and O–H groups in total. The number of hydrogen-bond donors (Lipinski definition) is 1. The summed E-state index contributed by atoms with van der Waals surface area (Å²) in [5, 5.41) is 0. The molecule has 0 saturated heterocycles. The lowest BCUT2D eigenvalue weighted by atomic mass is 10.2. The highest BCUT2D eigenvalue weighted by molar-refractivity contribution is 7.91. The van der Waals surface area contributed by atoms with Gasteiger partial charge in [0.15, 0.2) is 9.84 Å². The molecular weight excluding hydrogens is 445 g/mol. The molecule has 162 valence electrons. The first kappa shape index (κ1) is 22.4. The summed E-state index contributed by atoms with van der Waals surface area (Å²) < 4.78 is 68.4. The lowest BCUT2D eigenvalue weighted by Gasteiger charge is -2.09. The van der Waals surface area contributed by atoms with Crippen molar-refractivity contribution >= 4 is 25.8 Å². The molecule has 0 atom stereocenters. The molecule has 0 aliphatic carbocycles. The average molecular weight is 464 g/mol. The molecule has 0 radical (unpaired) electrons. The molecule has 0 bridgehead atoms. The third-order valence-electron chi connectivity index (χ3n) is 4.20. The molecule has 0 saturated carbocycles. The maximum Gasteiger partial charge on any atom is 0.265 e. The smallest absolute Gasteiger partial charge is 0.265 e. The predicted molar refractivity (Wildman–Crippen MR) is 111 cm³/mol. The van der Waals surface area contributed by atoms with Crippen LogP contribution in [0.25, 0.3) is 0 Å². The summed E-state index contributed by atoms with van der Waals surface area (Å²) in [6, 6.07) is 16.2. The Bertz CT molecular complexity index is 1300. The third kappa shape index (κ3) is 5.89. The minimum atomic E-state index is -4.19. The van der Waals surface area contributed by atoms with Gasteiger partial charge in [-0.3, -0.25) is 4.79 Å². The number of sulfone groups is 1. The van der Waals surface area contributed by atoms with E-state index in [9.17, 15) is 26.0 Å². The zero-order valence-corrected chi connectivity index (χ0v) is 17.9. The standard InChI is InChI=1S/C21H18FNO6S2/c1-30(25,26)19-9-11-20(12-10-19)31(27,28)23-21(24)16-5-7-18(8-6-16)29-14-15-3-2-4-17(22)13-15/h2-13H,14H2,1H3,(H,23,24). The Hall–Kier alpha value is -3.24. The molecule has 0 aliphatic heterocycles. The fraction of sp³-hybridized carbons (Fsp3) is 0.0952. The van der Waals surface area contributed by atoms with Gasteiger partial charge in [0, 0.05) is 11.8 Å². The Balaban J connectivity index is 1.65. The van der Waals surface area contributed by atoms with Crippen LogP contribution in [0, 0.1) is 5.82 Å².